The molecule has 1 N–H and O–H groups in total. The van der Waals surface area contributed by atoms with E-state index in [1.807, 2.05) is 18.5 Å². The van der Waals surface area contributed by atoms with Crippen LogP contribution in [0.2, 0.25) is 0 Å². The number of alkyl halides is 3. The van der Waals surface area contributed by atoms with E-state index in [2.05, 4.69) is 48.8 Å². The summed E-state index contributed by atoms with van der Waals surface area (Å²) in [6, 6.07) is 11.6. The number of nitrogens with one attached hydrogen (secondary N) is 1. The molecule has 0 spiro atoms. The fourth-order valence-corrected chi connectivity index (χ4v) is 6.03. The highest BCUT2D eigenvalue weighted by Gasteiger charge is 2.30. The Morgan fingerprint density at radius 3 is 2.19 bits per heavy atom. The van der Waals surface area contributed by atoms with Crippen molar-refractivity contribution in [3.05, 3.63) is 88.8 Å². The normalized spacial score (nSPS) is 17.5. The molecular weight excluding hydrogens is 555 g/mol. The Hall–Kier alpha value is -3.83. The number of H-pyrrole nitrogens is 1. The van der Waals surface area contributed by atoms with Crippen LogP contribution in [0.1, 0.15) is 64.4 Å². The second-order valence-corrected chi connectivity index (χ2v) is 11.5. The van der Waals surface area contributed by atoms with E-state index in [4.69, 9.17) is 0 Å². The van der Waals surface area contributed by atoms with Gasteiger partial charge in [-0.2, -0.15) is 13.2 Å². The molecule has 4 aromatic rings. The van der Waals surface area contributed by atoms with E-state index in [0.29, 0.717) is 44.5 Å². The first-order valence-corrected chi connectivity index (χ1v) is 14.9. The van der Waals surface area contributed by atoms with Crippen molar-refractivity contribution in [3.63, 3.8) is 0 Å². The van der Waals surface area contributed by atoms with E-state index >= 15 is 0 Å². The molecule has 4 heterocycles. The Morgan fingerprint density at radius 2 is 1.53 bits per heavy atom. The van der Waals surface area contributed by atoms with E-state index in [0.717, 1.165) is 79.0 Å². The number of fused-ring (bicyclic) bond motifs is 1. The lowest BCUT2D eigenvalue weighted by atomic mass is 9.89. The quantitative estimate of drug-likeness (QED) is 0.315. The van der Waals surface area contributed by atoms with Crippen LogP contribution in [0.15, 0.2) is 54.9 Å². The maximum Gasteiger partial charge on any atom is 0.416 e. The van der Waals surface area contributed by atoms with Gasteiger partial charge in [-0.1, -0.05) is 25.1 Å². The number of piperidine rings is 1. The maximum atomic E-state index is 13.3. The third-order valence-electron chi connectivity index (χ3n) is 8.60. The number of imidazole rings is 1. The minimum atomic E-state index is -4.33. The molecular formula is C32H36F3N7O. The third-order valence-corrected chi connectivity index (χ3v) is 8.60. The van der Waals surface area contributed by atoms with Gasteiger partial charge >= 0.3 is 6.18 Å². The average molecular weight is 592 g/mol. The van der Waals surface area contributed by atoms with E-state index in [1.54, 1.807) is 4.90 Å². The van der Waals surface area contributed by atoms with Gasteiger partial charge in [0.05, 0.1) is 16.6 Å². The predicted octanol–water partition coefficient (Wildman–Crippen LogP) is 5.27. The van der Waals surface area contributed by atoms with Gasteiger partial charge in [0.1, 0.15) is 5.82 Å². The Kier molecular flexibility index (Phi) is 8.45. The van der Waals surface area contributed by atoms with Crippen molar-refractivity contribution in [2.75, 3.05) is 39.3 Å². The summed E-state index contributed by atoms with van der Waals surface area (Å²) in [5, 5.41) is 0. The molecule has 8 nitrogen and oxygen atoms in total. The number of likely N-dealkylation sites (tertiary alicyclic amines) is 1. The zero-order chi connectivity index (χ0) is 30.0. The van der Waals surface area contributed by atoms with Gasteiger partial charge in [0, 0.05) is 63.6 Å². The molecule has 6 rings (SSSR count). The Morgan fingerprint density at radius 1 is 0.884 bits per heavy atom. The molecule has 2 saturated heterocycles. The summed E-state index contributed by atoms with van der Waals surface area (Å²) in [7, 11) is 0. The maximum absolute atomic E-state index is 13.3. The van der Waals surface area contributed by atoms with Gasteiger partial charge in [0.15, 0.2) is 5.82 Å². The van der Waals surface area contributed by atoms with Gasteiger partial charge in [0.2, 0.25) is 0 Å². The van der Waals surface area contributed by atoms with Crippen molar-refractivity contribution in [1.82, 2.24) is 34.6 Å². The molecule has 1 amide bonds. The van der Waals surface area contributed by atoms with Crippen LogP contribution in [0.25, 0.3) is 11.0 Å². The number of piperazine rings is 1. The molecule has 0 radical (unpaired) electrons. The lowest BCUT2D eigenvalue weighted by Crippen LogP contribution is -2.48. The summed E-state index contributed by atoms with van der Waals surface area (Å²) in [5.41, 5.74) is 4.24. The second kappa shape index (κ2) is 12.4. The molecule has 0 bridgehead atoms. The Labute approximate surface area is 248 Å². The number of nitrogens with zero attached hydrogens (tertiary/aromatic N) is 6. The largest absolute Gasteiger partial charge is 0.416 e. The van der Waals surface area contributed by atoms with Crippen molar-refractivity contribution >= 4 is 16.9 Å². The molecule has 2 fully saturated rings. The van der Waals surface area contributed by atoms with Crippen LogP contribution >= 0.6 is 0 Å². The summed E-state index contributed by atoms with van der Waals surface area (Å²) >= 11 is 0. The molecule has 0 atom stereocenters. The number of amides is 1. The van der Waals surface area contributed by atoms with Gasteiger partial charge < -0.3 is 9.88 Å². The summed E-state index contributed by atoms with van der Waals surface area (Å²) in [4.78, 5) is 36.3. The first kappa shape index (κ1) is 29.3. The van der Waals surface area contributed by atoms with Crippen molar-refractivity contribution in [2.45, 2.75) is 51.4 Å². The molecule has 0 aliphatic carbocycles. The molecule has 226 valence electrons. The zero-order valence-electron chi connectivity index (χ0n) is 24.3. The highest BCUT2D eigenvalue weighted by atomic mass is 19.4. The third kappa shape index (κ3) is 6.88. The summed E-state index contributed by atoms with van der Waals surface area (Å²) in [5.74, 6) is 1.55. The van der Waals surface area contributed by atoms with Crippen LogP contribution < -0.4 is 0 Å². The molecule has 0 saturated carbocycles. The first-order chi connectivity index (χ1) is 20.7. The van der Waals surface area contributed by atoms with E-state index in [1.165, 1.54) is 17.7 Å². The number of carbonyl (C=O) groups excluding carboxylic acids is 1. The topological polar surface area (TPSA) is 81.3 Å². The highest BCUT2D eigenvalue weighted by molar-refractivity contribution is 5.94. The summed E-state index contributed by atoms with van der Waals surface area (Å²) in [6.45, 7) is 7.86. The smallest absolute Gasteiger partial charge is 0.334 e. The number of hydrogen-bond acceptors (Lipinski definition) is 6. The molecule has 43 heavy (non-hydrogen) atoms. The fourth-order valence-electron chi connectivity index (χ4n) is 6.03. The zero-order valence-corrected chi connectivity index (χ0v) is 24.3. The van der Waals surface area contributed by atoms with Crippen LogP contribution in [0.5, 0.6) is 0 Å². The van der Waals surface area contributed by atoms with Crippen LogP contribution in [0.4, 0.5) is 13.2 Å². The standard InChI is InChI=1S/C32H36F3N7O/c1-2-29-36-18-23(19-37-29)21-40-11-9-24(10-12-40)25-5-8-27-28(17-25)39-30(38-27)31(43)42-15-13-41(14-16-42)20-22-3-6-26(7-4-22)32(33,34)35/h3-8,17-19,24H,2,9-16,20-21H2,1H3,(H,38,39). The molecule has 11 heteroatoms. The number of aromatic amines is 1. The summed E-state index contributed by atoms with van der Waals surface area (Å²) < 4.78 is 38.5. The summed E-state index contributed by atoms with van der Waals surface area (Å²) in [6.07, 6.45) is 2.51. The number of aryl methyl sites for hydroxylation is 1. The highest BCUT2D eigenvalue weighted by Crippen LogP contribution is 2.31. The molecule has 0 unspecified atom stereocenters. The molecule has 2 aromatic carbocycles. The van der Waals surface area contributed by atoms with Gasteiger partial charge in [-0.3, -0.25) is 14.6 Å². The number of carbonyl (C=O) groups is 1. The van der Waals surface area contributed by atoms with Crippen molar-refractivity contribution in [1.29, 1.82) is 0 Å². The Bertz CT molecular complexity index is 1540. The fraction of sp³-hybridized carbons (Fsp3) is 0.438. The lowest BCUT2D eigenvalue weighted by molar-refractivity contribution is -0.137. The SMILES string of the molecule is CCc1ncc(CN2CCC(c3ccc4nc(C(=O)N5CCN(Cc6ccc(C(F)(F)F)cc6)CC5)[nH]c4c3)CC2)cn1. The minimum absolute atomic E-state index is 0.129. The number of aromatic nitrogens is 4. The number of benzene rings is 2. The Balaban J connectivity index is 1.01. The second-order valence-electron chi connectivity index (χ2n) is 11.5. The van der Waals surface area contributed by atoms with Crippen molar-refractivity contribution in [3.8, 4) is 0 Å². The van der Waals surface area contributed by atoms with Gasteiger partial charge in [-0.25, -0.2) is 15.0 Å². The van der Waals surface area contributed by atoms with Gasteiger partial charge in [-0.05, 0) is 67.2 Å². The van der Waals surface area contributed by atoms with Crippen LogP contribution in [0.3, 0.4) is 0 Å². The monoisotopic (exact) mass is 591 g/mol. The number of rotatable bonds is 7. The van der Waals surface area contributed by atoms with E-state index < -0.39 is 11.7 Å². The average Bonchev–Trinajstić information content (AvgIpc) is 3.45. The number of hydrogen-bond donors (Lipinski definition) is 1. The minimum Gasteiger partial charge on any atom is -0.334 e. The van der Waals surface area contributed by atoms with Crippen molar-refractivity contribution < 1.29 is 18.0 Å². The van der Waals surface area contributed by atoms with Crippen LogP contribution in [0, 0.1) is 0 Å². The molecule has 2 aliphatic rings. The van der Waals surface area contributed by atoms with E-state index in [9.17, 15) is 18.0 Å². The van der Waals surface area contributed by atoms with Crippen molar-refractivity contribution in [2.24, 2.45) is 0 Å². The van der Waals surface area contributed by atoms with Gasteiger partial charge in [0.25, 0.3) is 5.91 Å². The predicted molar refractivity (Wildman–Crippen MR) is 157 cm³/mol. The lowest BCUT2D eigenvalue weighted by Gasteiger charge is -2.34. The molecule has 2 aromatic heterocycles. The van der Waals surface area contributed by atoms with Gasteiger partial charge in [-0.15, -0.1) is 0 Å². The van der Waals surface area contributed by atoms with Crippen LogP contribution in [-0.4, -0.2) is 79.8 Å². The van der Waals surface area contributed by atoms with E-state index in [-0.39, 0.29) is 5.91 Å². The van der Waals surface area contributed by atoms with Crippen LogP contribution in [-0.2, 0) is 25.7 Å². The molecule has 2 aliphatic heterocycles. The number of halogens is 3. The first-order valence-electron chi connectivity index (χ1n) is 14.9.